The predicted molar refractivity (Wildman–Crippen MR) is 72.2 cm³/mol. The maximum absolute atomic E-state index is 5.81. The summed E-state index contributed by atoms with van der Waals surface area (Å²) in [6.45, 7) is 2.40. The molecule has 0 aliphatic carbocycles. The van der Waals surface area contributed by atoms with Gasteiger partial charge in [0.2, 0.25) is 5.88 Å². The maximum Gasteiger partial charge on any atom is 0.239 e. The molecule has 0 spiro atoms. The van der Waals surface area contributed by atoms with Crippen LogP contribution in [0.5, 0.6) is 5.88 Å². The van der Waals surface area contributed by atoms with Crippen molar-refractivity contribution in [2.24, 2.45) is 0 Å². The van der Waals surface area contributed by atoms with E-state index < -0.39 is 0 Å². The summed E-state index contributed by atoms with van der Waals surface area (Å²) in [5.41, 5.74) is 8.03. The highest BCUT2D eigenvalue weighted by molar-refractivity contribution is 5.75. The number of anilines is 1. The number of hydrogen-bond acceptors (Lipinski definition) is 5. The molecule has 0 unspecified atom stereocenters. The van der Waals surface area contributed by atoms with E-state index in [0.29, 0.717) is 24.0 Å². The molecule has 0 atom stereocenters. The average Bonchev–Trinajstić information content (AvgIpc) is 2.85. The lowest BCUT2D eigenvalue weighted by atomic mass is 10.3. The van der Waals surface area contributed by atoms with Gasteiger partial charge in [-0.05, 0) is 31.2 Å². The molecular weight excluding hydrogens is 242 g/mol. The van der Waals surface area contributed by atoms with Crippen LogP contribution < -0.4 is 10.5 Å². The van der Waals surface area contributed by atoms with E-state index in [1.54, 1.807) is 16.8 Å². The SMILES string of the molecule is CCOc1nc(-n2nnc3ccccc32)ccc1N. The molecule has 2 heterocycles. The summed E-state index contributed by atoms with van der Waals surface area (Å²) in [5, 5.41) is 8.20. The monoisotopic (exact) mass is 255 g/mol. The molecular formula is C13H13N5O. The molecule has 0 saturated heterocycles. The Hall–Kier alpha value is -2.63. The minimum absolute atomic E-state index is 0.416. The predicted octanol–water partition coefficient (Wildman–Crippen LogP) is 1.80. The maximum atomic E-state index is 5.81. The van der Waals surface area contributed by atoms with Gasteiger partial charge in [0.05, 0.1) is 17.8 Å². The topological polar surface area (TPSA) is 78.8 Å². The van der Waals surface area contributed by atoms with Gasteiger partial charge in [0.15, 0.2) is 5.82 Å². The number of nitrogens with zero attached hydrogens (tertiary/aromatic N) is 4. The smallest absolute Gasteiger partial charge is 0.239 e. The summed E-state index contributed by atoms with van der Waals surface area (Å²) in [5.74, 6) is 1.05. The zero-order chi connectivity index (χ0) is 13.2. The standard InChI is InChI=1S/C13H13N5O/c1-2-19-13-9(14)7-8-12(15-13)18-11-6-4-3-5-10(11)16-17-18/h3-8H,2,14H2,1H3. The van der Waals surface area contributed by atoms with Gasteiger partial charge >= 0.3 is 0 Å². The summed E-state index contributed by atoms with van der Waals surface area (Å²) in [7, 11) is 0. The third-order valence-electron chi connectivity index (χ3n) is 2.72. The quantitative estimate of drug-likeness (QED) is 0.772. The Balaban J connectivity index is 2.13. The lowest BCUT2D eigenvalue weighted by Crippen LogP contribution is -2.05. The van der Waals surface area contributed by atoms with Gasteiger partial charge in [0, 0.05) is 0 Å². The van der Waals surface area contributed by atoms with Crippen molar-refractivity contribution < 1.29 is 4.74 Å². The molecule has 0 fully saturated rings. The number of rotatable bonds is 3. The molecule has 19 heavy (non-hydrogen) atoms. The number of ether oxygens (including phenoxy) is 1. The highest BCUT2D eigenvalue weighted by atomic mass is 16.5. The van der Waals surface area contributed by atoms with Crippen LogP contribution in [0.3, 0.4) is 0 Å². The van der Waals surface area contributed by atoms with Gasteiger partial charge in [0.25, 0.3) is 0 Å². The Labute approximate surface area is 109 Å². The highest BCUT2D eigenvalue weighted by Crippen LogP contribution is 2.22. The van der Waals surface area contributed by atoms with E-state index in [2.05, 4.69) is 15.3 Å². The number of nitrogen functional groups attached to an aromatic ring is 1. The first kappa shape index (κ1) is 11.5. The van der Waals surface area contributed by atoms with Crippen molar-refractivity contribution in [1.29, 1.82) is 0 Å². The van der Waals surface area contributed by atoms with Crippen LogP contribution in [0.15, 0.2) is 36.4 Å². The number of fused-ring (bicyclic) bond motifs is 1. The molecule has 0 bridgehead atoms. The van der Waals surface area contributed by atoms with Crippen LogP contribution in [0.25, 0.3) is 16.9 Å². The molecule has 0 aliphatic rings. The fraction of sp³-hybridized carbons (Fsp3) is 0.154. The van der Waals surface area contributed by atoms with Gasteiger partial charge in [-0.25, -0.2) is 0 Å². The summed E-state index contributed by atoms with van der Waals surface area (Å²) < 4.78 is 7.05. The molecule has 1 aromatic carbocycles. The third kappa shape index (κ3) is 1.97. The van der Waals surface area contributed by atoms with Crippen molar-refractivity contribution in [2.45, 2.75) is 6.92 Å². The van der Waals surface area contributed by atoms with E-state index in [1.165, 1.54) is 0 Å². The van der Waals surface area contributed by atoms with Gasteiger partial charge in [-0.1, -0.05) is 17.3 Å². The Morgan fingerprint density at radius 2 is 2.05 bits per heavy atom. The number of pyridine rings is 1. The van der Waals surface area contributed by atoms with Gasteiger partial charge in [-0.15, -0.1) is 5.10 Å². The second-order valence-corrected chi connectivity index (χ2v) is 3.99. The highest BCUT2D eigenvalue weighted by Gasteiger charge is 2.09. The lowest BCUT2D eigenvalue weighted by Gasteiger charge is -2.07. The van der Waals surface area contributed by atoms with Crippen molar-refractivity contribution in [3.05, 3.63) is 36.4 Å². The van der Waals surface area contributed by atoms with Crippen molar-refractivity contribution in [2.75, 3.05) is 12.3 Å². The molecule has 6 nitrogen and oxygen atoms in total. The second kappa shape index (κ2) is 4.56. The van der Waals surface area contributed by atoms with Gasteiger partial charge < -0.3 is 10.5 Å². The largest absolute Gasteiger partial charge is 0.476 e. The Bertz CT molecular complexity index is 722. The molecule has 0 amide bonds. The van der Waals surface area contributed by atoms with Crippen LogP contribution in [0.4, 0.5) is 5.69 Å². The molecule has 0 saturated carbocycles. The minimum atomic E-state index is 0.416. The fourth-order valence-corrected chi connectivity index (χ4v) is 1.85. The van der Waals surface area contributed by atoms with E-state index in [-0.39, 0.29) is 0 Å². The summed E-state index contributed by atoms with van der Waals surface area (Å²) >= 11 is 0. The van der Waals surface area contributed by atoms with Crippen molar-refractivity contribution in [3.8, 4) is 11.7 Å². The molecule has 96 valence electrons. The summed E-state index contributed by atoms with van der Waals surface area (Å²) in [6.07, 6.45) is 0. The molecule has 3 aromatic rings. The van der Waals surface area contributed by atoms with Gasteiger partial charge in [-0.2, -0.15) is 9.67 Å². The first-order valence-corrected chi connectivity index (χ1v) is 5.99. The fourth-order valence-electron chi connectivity index (χ4n) is 1.85. The zero-order valence-corrected chi connectivity index (χ0v) is 10.4. The normalized spacial score (nSPS) is 10.8. The Morgan fingerprint density at radius 1 is 1.21 bits per heavy atom. The van der Waals surface area contributed by atoms with Gasteiger partial charge in [0.1, 0.15) is 5.52 Å². The molecule has 2 N–H and O–H groups in total. The lowest BCUT2D eigenvalue weighted by molar-refractivity contribution is 0.328. The molecule has 0 radical (unpaired) electrons. The third-order valence-corrected chi connectivity index (χ3v) is 2.72. The number of nitrogens with two attached hydrogens (primary N) is 1. The van der Waals surface area contributed by atoms with Crippen LogP contribution in [-0.2, 0) is 0 Å². The van der Waals surface area contributed by atoms with Gasteiger partial charge in [-0.3, -0.25) is 0 Å². The Morgan fingerprint density at radius 3 is 2.89 bits per heavy atom. The molecule has 2 aromatic heterocycles. The van der Waals surface area contributed by atoms with Crippen LogP contribution in [0.1, 0.15) is 6.92 Å². The van der Waals surface area contributed by atoms with Crippen molar-refractivity contribution in [3.63, 3.8) is 0 Å². The summed E-state index contributed by atoms with van der Waals surface area (Å²) in [6, 6.07) is 11.2. The Kier molecular flexibility index (Phi) is 2.75. The summed E-state index contributed by atoms with van der Waals surface area (Å²) in [4.78, 5) is 4.37. The van der Waals surface area contributed by atoms with Crippen LogP contribution in [0, 0.1) is 0 Å². The molecule has 3 rings (SSSR count). The van der Waals surface area contributed by atoms with Crippen LogP contribution in [-0.4, -0.2) is 26.6 Å². The van der Waals surface area contributed by atoms with Crippen LogP contribution >= 0.6 is 0 Å². The minimum Gasteiger partial charge on any atom is -0.476 e. The van der Waals surface area contributed by atoms with E-state index in [4.69, 9.17) is 10.5 Å². The average molecular weight is 255 g/mol. The van der Waals surface area contributed by atoms with Crippen LogP contribution in [0.2, 0.25) is 0 Å². The second-order valence-electron chi connectivity index (χ2n) is 3.99. The van der Waals surface area contributed by atoms with E-state index in [9.17, 15) is 0 Å². The zero-order valence-electron chi connectivity index (χ0n) is 10.4. The van der Waals surface area contributed by atoms with E-state index in [0.717, 1.165) is 11.0 Å². The first-order valence-electron chi connectivity index (χ1n) is 5.99. The number of benzene rings is 1. The number of para-hydroxylation sites is 1. The first-order chi connectivity index (χ1) is 9.29. The van der Waals surface area contributed by atoms with Crippen molar-refractivity contribution in [1.82, 2.24) is 20.0 Å². The molecule has 0 aliphatic heterocycles. The van der Waals surface area contributed by atoms with Crippen molar-refractivity contribution >= 4 is 16.7 Å². The number of hydrogen-bond donors (Lipinski definition) is 1. The van der Waals surface area contributed by atoms with E-state index >= 15 is 0 Å². The van der Waals surface area contributed by atoms with E-state index in [1.807, 2.05) is 31.2 Å². The molecule has 6 heteroatoms. The number of aromatic nitrogens is 4.